The Morgan fingerprint density at radius 2 is 2.27 bits per heavy atom. The molecule has 0 saturated carbocycles. The number of carbonyl (C=O) groups is 1. The van der Waals surface area contributed by atoms with Gasteiger partial charge in [0.15, 0.2) is 0 Å². The third-order valence-electron chi connectivity index (χ3n) is 1.85. The predicted molar refractivity (Wildman–Crippen MR) is 54.1 cm³/mol. The van der Waals surface area contributed by atoms with Crippen LogP contribution in [-0.4, -0.2) is 36.4 Å². The van der Waals surface area contributed by atoms with Crippen molar-refractivity contribution >= 4 is 5.91 Å². The highest BCUT2D eigenvalue weighted by Gasteiger charge is 2.11. The smallest absolute Gasteiger partial charge is 0.255 e. The van der Waals surface area contributed by atoms with Crippen molar-refractivity contribution in [1.29, 1.82) is 0 Å². The molecule has 5 nitrogen and oxygen atoms in total. The maximum Gasteiger partial charge on any atom is 0.255 e. The summed E-state index contributed by atoms with van der Waals surface area (Å²) in [5.74, 6) is -0.0753. The van der Waals surface area contributed by atoms with Gasteiger partial charge < -0.3 is 20.3 Å². The van der Waals surface area contributed by atoms with E-state index in [0.717, 1.165) is 0 Å². The summed E-state index contributed by atoms with van der Waals surface area (Å²) in [7, 11) is 1.47. The Kier molecular flexibility index (Phi) is 3.93. The lowest BCUT2D eigenvalue weighted by atomic mass is 10.2. The zero-order valence-corrected chi connectivity index (χ0v) is 8.36. The molecule has 0 fully saturated rings. The second-order valence-corrected chi connectivity index (χ2v) is 2.86. The number of phenolic OH excluding ortho intramolecular Hbond substituents is 1. The highest BCUT2D eigenvalue weighted by molar-refractivity contribution is 5.97. The summed E-state index contributed by atoms with van der Waals surface area (Å²) in [6.45, 7) is 0.00591. The molecule has 0 aromatic heterocycles. The van der Waals surface area contributed by atoms with Crippen molar-refractivity contribution in [3.05, 3.63) is 23.8 Å². The summed E-state index contributed by atoms with van der Waals surface area (Å²) in [6, 6.07) is 4.37. The zero-order chi connectivity index (χ0) is 11.3. The number of benzene rings is 1. The van der Waals surface area contributed by atoms with Gasteiger partial charge in [-0.3, -0.25) is 4.79 Å². The first kappa shape index (κ1) is 11.3. The summed E-state index contributed by atoms with van der Waals surface area (Å²) in [4.78, 5) is 11.5. The van der Waals surface area contributed by atoms with Crippen molar-refractivity contribution in [2.75, 3.05) is 20.3 Å². The lowest BCUT2D eigenvalue weighted by Crippen LogP contribution is -2.26. The number of nitrogens with one attached hydrogen (secondary N) is 1. The highest BCUT2D eigenvalue weighted by Crippen LogP contribution is 2.22. The first-order valence-corrected chi connectivity index (χ1v) is 4.45. The van der Waals surface area contributed by atoms with E-state index in [1.54, 1.807) is 6.07 Å². The van der Waals surface area contributed by atoms with E-state index in [2.05, 4.69) is 5.32 Å². The number of carbonyl (C=O) groups excluding carboxylic acids is 1. The number of aliphatic hydroxyl groups excluding tert-OH is 1. The van der Waals surface area contributed by atoms with Crippen molar-refractivity contribution < 1.29 is 19.7 Å². The number of aliphatic hydroxyl groups is 1. The van der Waals surface area contributed by atoms with Crippen LogP contribution >= 0.6 is 0 Å². The molecule has 82 valence electrons. The minimum atomic E-state index is -0.444. The maximum absolute atomic E-state index is 11.5. The number of amides is 1. The van der Waals surface area contributed by atoms with Gasteiger partial charge in [-0.05, 0) is 18.2 Å². The quantitative estimate of drug-likeness (QED) is 0.661. The first-order chi connectivity index (χ1) is 7.19. The lowest BCUT2D eigenvalue weighted by molar-refractivity contribution is 0.0941. The average Bonchev–Trinajstić information content (AvgIpc) is 2.26. The molecular formula is C10H13NO4. The molecular weight excluding hydrogens is 198 g/mol. The van der Waals surface area contributed by atoms with Gasteiger partial charge in [-0.15, -0.1) is 0 Å². The number of rotatable bonds is 4. The van der Waals surface area contributed by atoms with Crippen LogP contribution in [0.5, 0.6) is 11.5 Å². The number of aromatic hydroxyl groups is 1. The van der Waals surface area contributed by atoms with Gasteiger partial charge in [0.05, 0.1) is 19.3 Å². The molecule has 0 unspecified atom stereocenters. The molecule has 0 atom stereocenters. The maximum atomic E-state index is 11.5. The number of phenols is 1. The Hall–Kier alpha value is -1.75. The van der Waals surface area contributed by atoms with Gasteiger partial charge in [0.1, 0.15) is 11.5 Å². The predicted octanol–water partition coefficient (Wildman–Crippen LogP) is 0.123. The minimum absolute atomic E-state index is 0.119. The Bertz CT molecular complexity index is 351. The lowest BCUT2D eigenvalue weighted by Gasteiger charge is -2.07. The van der Waals surface area contributed by atoms with E-state index < -0.39 is 5.91 Å². The van der Waals surface area contributed by atoms with E-state index in [1.807, 2.05) is 0 Å². The van der Waals surface area contributed by atoms with Crippen LogP contribution < -0.4 is 10.1 Å². The minimum Gasteiger partial charge on any atom is -0.507 e. The van der Waals surface area contributed by atoms with Gasteiger partial charge >= 0.3 is 0 Å². The third-order valence-corrected chi connectivity index (χ3v) is 1.85. The normalized spacial score (nSPS) is 9.73. The van der Waals surface area contributed by atoms with E-state index >= 15 is 0 Å². The van der Waals surface area contributed by atoms with Crippen LogP contribution in [0.3, 0.4) is 0 Å². The molecule has 15 heavy (non-hydrogen) atoms. The number of methoxy groups -OCH3 is 1. The molecule has 0 saturated heterocycles. The zero-order valence-electron chi connectivity index (χ0n) is 8.36. The van der Waals surface area contributed by atoms with Gasteiger partial charge in [-0.2, -0.15) is 0 Å². The Labute approximate surface area is 87.3 Å². The Balaban J connectivity index is 2.86. The molecule has 0 aliphatic rings. The van der Waals surface area contributed by atoms with E-state index in [9.17, 15) is 9.90 Å². The van der Waals surface area contributed by atoms with Gasteiger partial charge in [-0.25, -0.2) is 0 Å². The molecule has 0 bridgehead atoms. The van der Waals surface area contributed by atoms with E-state index in [-0.39, 0.29) is 24.5 Å². The molecule has 0 spiro atoms. The second kappa shape index (κ2) is 5.21. The summed E-state index contributed by atoms with van der Waals surface area (Å²) in [6.07, 6.45) is 0. The van der Waals surface area contributed by atoms with Crippen molar-refractivity contribution in [1.82, 2.24) is 5.32 Å². The molecule has 1 aromatic carbocycles. The fraction of sp³-hybridized carbons (Fsp3) is 0.300. The molecule has 1 rings (SSSR count). The van der Waals surface area contributed by atoms with Crippen molar-refractivity contribution in [2.45, 2.75) is 0 Å². The number of hydrogen-bond donors (Lipinski definition) is 3. The fourth-order valence-electron chi connectivity index (χ4n) is 1.09. The SMILES string of the molecule is COc1ccc(O)c(C(=O)NCCO)c1. The Morgan fingerprint density at radius 3 is 2.87 bits per heavy atom. The van der Waals surface area contributed by atoms with E-state index in [0.29, 0.717) is 5.75 Å². The van der Waals surface area contributed by atoms with Crippen molar-refractivity contribution in [3.63, 3.8) is 0 Å². The number of ether oxygens (including phenoxy) is 1. The van der Waals surface area contributed by atoms with Crippen LogP contribution in [0.15, 0.2) is 18.2 Å². The van der Waals surface area contributed by atoms with Gasteiger partial charge in [0, 0.05) is 6.54 Å². The average molecular weight is 211 g/mol. The summed E-state index contributed by atoms with van der Waals surface area (Å²) in [5, 5.41) is 20.4. The molecule has 0 aliphatic heterocycles. The second-order valence-electron chi connectivity index (χ2n) is 2.86. The van der Waals surface area contributed by atoms with E-state index in [1.165, 1.54) is 19.2 Å². The molecule has 1 amide bonds. The van der Waals surface area contributed by atoms with Gasteiger partial charge in [0.2, 0.25) is 0 Å². The fourth-order valence-corrected chi connectivity index (χ4v) is 1.09. The van der Waals surface area contributed by atoms with Crippen LogP contribution in [-0.2, 0) is 0 Å². The number of hydrogen-bond acceptors (Lipinski definition) is 4. The van der Waals surface area contributed by atoms with Crippen molar-refractivity contribution in [2.24, 2.45) is 0 Å². The first-order valence-electron chi connectivity index (χ1n) is 4.45. The highest BCUT2D eigenvalue weighted by atomic mass is 16.5. The van der Waals surface area contributed by atoms with Crippen LogP contribution in [0.4, 0.5) is 0 Å². The van der Waals surface area contributed by atoms with Crippen LogP contribution in [0, 0.1) is 0 Å². The third kappa shape index (κ3) is 2.85. The van der Waals surface area contributed by atoms with Gasteiger partial charge in [0.25, 0.3) is 5.91 Å². The summed E-state index contributed by atoms with van der Waals surface area (Å²) >= 11 is 0. The molecule has 3 N–H and O–H groups in total. The molecule has 0 aliphatic carbocycles. The standard InChI is InChI=1S/C10H13NO4/c1-15-7-2-3-9(13)8(6-7)10(14)11-4-5-12/h2-3,6,12-13H,4-5H2,1H3,(H,11,14). The molecule has 5 heteroatoms. The summed E-state index contributed by atoms with van der Waals surface area (Å²) in [5.41, 5.74) is 0.128. The van der Waals surface area contributed by atoms with Crippen LogP contribution in [0.25, 0.3) is 0 Å². The van der Waals surface area contributed by atoms with Crippen molar-refractivity contribution in [3.8, 4) is 11.5 Å². The monoisotopic (exact) mass is 211 g/mol. The van der Waals surface area contributed by atoms with Gasteiger partial charge in [-0.1, -0.05) is 0 Å². The van der Waals surface area contributed by atoms with Crippen LogP contribution in [0.2, 0.25) is 0 Å². The molecule has 0 heterocycles. The molecule has 0 radical (unpaired) electrons. The molecule has 1 aromatic rings. The summed E-state index contributed by atoms with van der Waals surface area (Å²) < 4.78 is 4.92. The van der Waals surface area contributed by atoms with E-state index in [4.69, 9.17) is 9.84 Å². The Morgan fingerprint density at radius 1 is 1.53 bits per heavy atom. The topological polar surface area (TPSA) is 78.8 Å². The van der Waals surface area contributed by atoms with Crippen LogP contribution in [0.1, 0.15) is 10.4 Å². The largest absolute Gasteiger partial charge is 0.507 e.